The van der Waals surface area contributed by atoms with Crippen LogP contribution in [0.25, 0.3) is 0 Å². The summed E-state index contributed by atoms with van der Waals surface area (Å²) in [6, 6.07) is 8.61. The quantitative estimate of drug-likeness (QED) is 0.845. The molecule has 0 fully saturated rings. The number of benzene rings is 1. The first kappa shape index (κ1) is 17.2. The zero-order valence-corrected chi connectivity index (χ0v) is 15.9. The van der Waals surface area contributed by atoms with Crippen LogP contribution < -0.4 is 4.90 Å². The molecule has 1 aliphatic carbocycles. The predicted molar refractivity (Wildman–Crippen MR) is 101 cm³/mol. The molecule has 0 bridgehead atoms. The number of amides is 1. The lowest BCUT2D eigenvalue weighted by Crippen LogP contribution is -2.51. The van der Waals surface area contributed by atoms with Gasteiger partial charge in [0.15, 0.2) is 0 Å². The lowest BCUT2D eigenvalue weighted by atomic mass is 9.86. The third-order valence-electron chi connectivity index (χ3n) is 5.72. The van der Waals surface area contributed by atoms with E-state index >= 15 is 0 Å². The molecule has 2 atom stereocenters. The van der Waals surface area contributed by atoms with Gasteiger partial charge in [0.2, 0.25) is 5.91 Å². The number of carbonyl (C=O) groups is 1. The molecular formula is C20H27N5O. The molecule has 26 heavy (non-hydrogen) atoms. The number of nitrogens with zero attached hydrogens (tertiary/aromatic N) is 5. The summed E-state index contributed by atoms with van der Waals surface area (Å²) in [6.45, 7) is 0.894. The van der Waals surface area contributed by atoms with E-state index in [1.54, 1.807) is 0 Å². The largest absolute Gasteiger partial charge is 0.308 e. The minimum atomic E-state index is 0.00974. The molecule has 1 amide bonds. The molecule has 0 saturated carbocycles. The summed E-state index contributed by atoms with van der Waals surface area (Å²) in [5.74, 6) is 0.270. The second kappa shape index (κ2) is 6.83. The summed E-state index contributed by atoms with van der Waals surface area (Å²) < 4.78 is 1.83. The summed E-state index contributed by atoms with van der Waals surface area (Å²) in [5, 5.41) is 8.36. The van der Waals surface area contributed by atoms with E-state index in [1.165, 1.54) is 5.56 Å². The van der Waals surface area contributed by atoms with Crippen LogP contribution in [-0.4, -0.2) is 52.5 Å². The van der Waals surface area contributed by atoms with E-state index in [0.717, 1.165) is 55.7 Å². The Labute approximate surface area is 154 Å². The predicted octanol–water partition coefficient (Wildman–Crippen LogP) is 1.83. The number of likely N-dealkylation sites (N-methyl/N-ethyl adjacent to an activating group) is 1. The molecule has 138 valence electrons. The number of para-hydroxylation sites is 1. The Morgan fingerprint density at radius 2 is 2.04 bits per heavy atom. The third kappa shape index (κ3) is 3.03. The van der Waals surface area contributed by atoms with Crippen LogP contribution >= 0.6 is 0 Å². The van der Waals surface area contributed by atoms with Crippen LogP contribution in [0.5, 0.6) is 0 Å². The van der Waals surface area contributed by atoms with E-state index in [2.05, 4.69) is 52.4 Å². The van der Waals surface area contributed by atoms with E-state index in [4.69, 9.17) is 0 Å². The number of aryl methyl sites for hydroxylation is 3. The zero-order valence-electron chi connectivity index (χ0n) is 15.9. The number of carbonyl (C=O) groups excluding carboxylic acids is 1. The van der Waals surface area contributed by atoms with Crippen molar-refractivity contribution in [2.45, 2.75) is 38.1 Å². The molecule has 2 unspecified atom stereocenters. The molecule has 6 heteroatoms. The van der Waals surface area contributed by atoms with Crippen LogP contribution in [0.1, 0.15) is 29.8 Å². The Hall–Kier alpha value is -2.21. The zero-order chi connectivity index (χ0) is 18.3. The maximum atomic E-state index is 13.6. The minimum Gasteiger partial charge on any atom is -0.308 e. The normalized spacial score (nSPS) is 22.2. The van der Waals surface area contributed by atoms with Crippen LogP contribution in [0.2, 0.25) is 0 Å². The minimum absolute atomic E-state index is 0.00974. The third-order valence-corrected chi connectivity index (χ3v) is 5.72. The van der Waals surface area contributed by atoms with Gasteiger partial charge in [-0.05, 0) is 51.4 Å². The maximum absolute atomic E-state index is 13.6. The average molecular weight is 353 g/mol. The number of rotatable bonds is 3. The molecule has 0 radical (unpaired) electrons. The van der Waals surface area contributed by atoms with Crippen LogP contribution in [0.15, 0.2) is 24.3 Å². The molecule has 0 spiro atoms. The molecule has 2 aromatic rings. The maximum Gasteiger partial charge on any atom is 0.230 e. The smallest absolute Gasteiger partial charge is 0.230 e. The molecule has 0 N–H and O–H groups in total. The van der Waals surface area contributed by atoms with Gasteiger partial charge in [-0.1, -0.05) is 23.4 Å². The first-order valence-electron chi connectivity index (χ1n) is 9.47. The van der Waals surface area contributed by atoms with Crippen molar-refractivity contribution in [3.05, 3.63) is 41.2 Å². The van der Waals surface area contributed by atoms with Crippen molar-refractivity contribution >= 4 is 11.6 Å². The van der Waals surface area contributed by atoms with Crippen molar-refractivity contribution in [3.8, 4) is 0 Å². The Morgan fingerprint density at radius 3 is 2.85 bits per heavy atom. The van der Waals surface area contributed by atoms with Gasteiger partial charge in [-0.15, -0.1) is 5.10 Å². The summed E-state index contributed by atoms with van der Waals surface area (Å²) in [6.07, 6.45) is 4.50. The molecule has 4 rings (SSSR count). The van der Waals surface area contributed by atoms with E-state index in [0.29, 0.717) is 0 Å². The van der Waals surface area contributed by atoms with Gasteiger partial charge in [-0.3, -0.25) is 9.48 Å². The Bertz CT molecular complexity index is 812. The standard InChI is InChI=1S/C20H27N5O/c1-23(2)13-16-10-8-14-6-4-5-7-18(14)25(16)20(26)15-9-11-17-19(12-15)24(3)22-21-17/h4-7,15-16H,8-13H2,1-3H3. The van der Waals surface area contributed by atoms with Crippen LogP contribution in [0.3, 0.4) is 0 Å². The lowest BCUT2D eigenvalue weighted by molar-refractivity contribution is -0.123. The van der Waals surface area contributed by atoms with Crippen molar-refractivity contribution in [1.82, 2.24) is 19.9 Å². The highest BCUT2D eigenvalue weighted by molar-refractivity contribution is 5.97. The van der Waals surface area contributed by atoms with Gasteiger partial charge < -0.3 is 9.80 Å². The molecule has 0 saturated heterocycles. The summed E-state index contributed by atoms with van der Waals surface area (Å²) >= 11 is 0. The monoisotopic (exact) mass is 353 g/mol. The molecule has 2 aliphatic rings. The van der Waals surface area contributed by atoms with Gasteiger partial charge in [0.25, 0.3) is 0 Å². The summed E-state index contributed by atoms with van der Waals surface area (Å²) in [4.78, 5) is 17.9. The lowest BCUT2D eigenvalue weighted by Gasteiger charge is -2.40. The second-order valence-corrected chi connectivity index (χ2v) is 7.84. The number of hydrogen-bond acceptors (Lipinski definition) is 4. The van der Waals surface area contributed by atoms with E-state index in [-0.39, 0.29) is 17.9 Å². The van der Waals surface area contributed by atoms with Crippen molar-refractivity contribution in [1.29, 1.82) is 0 Å². The number of aromatic nitrogens is 3. The van der Waals surface area contributed by atoms with Crippen LogP contribution in [0, 0.1) is 5.92 Å². The Morgan fingerprint density at radius 1 is 1.23 bits per heavy atom. The fraction of sp³-hybridized carbons (Fsp3) is 0.550. The van der Waals surface area contributed by atoms with E-state index in [1.807, 2.05) is 17.8 Å². The Kier molecular flexibility index (Phi) is 4.53. The number of anilines is 1. The van der Waals surface area contributed by atoms with E-state index < -0.39 is 0 Å². The fourth-order valence-electron chi connectivity index (χ4n) is 4.42. The molecule has 6 nitrogen and oxygen atoms in total. The van der Waals surface area contributed by atoms with Crippen molar-refractivity contribution < 1.29 is 4.79 Å². The van der Waals surface area contributed by atoms with Gasteiger partial charge >= 0.3 is 0 Å². The number of fused-ring (bicyclic) bond motifs is 2. The van der Waals surface area contributed by atoms with Gasteiger partial charge in [-0.25, -0.2) is 0 Å². The highest BCUT2D eigenvalue weighted by atomic mass is 16.2. The average Bonchev–Trinajstić information content (AvgIpc) is 3.01. The molecule has 1 aromatic heterocycles. The second-order valence-electron chi connectivity index (χ2n) is 7.84. The Balaban J connectivity index is 1.64. The van der Waals surface area contributed by atoms with Crippen LogP contribution in [0.4, 0.5) is 5.69 Å². The van der Waals surface area contributed by atoms with Gasteiger partial charge in [0.1, 0.15) is 0 Å². The highest BCUT2D eigenvalue weighted by Gasteiger charge is 2.37. The summed E-state index contributed by atoms with van der Waals surface area (Å²) in [5.41, 5.74) is 4.56. The van der Waals surface area contributed by atoms with Crippen molar-refractivity contribution in [3.63, 3.8) is 0 Å². The van der Waals surface area contributed by atoms with Crippen molar-refractivity contribution in [2.24, 2.45) is 13.0 Å². The van der Waals surface area contributed by atoms with Crippen molar-refractivity contribution in [2.75, 3.05) is 25.5 Å². The fourth-order valence-corrected chi connectivity index (χ4v) is 4.42. The van der Waals surface area contributed by atoms with Crippen LogP contribution in [-0.2, 0) is 31.1 Å². The molecule has 2 heterocycles. The van der Waals surface area contributed by atoms with E-state index in [9.17, 15) is 4.79 Å². The molecule has 1 aliphatic heterocycles. The summed E-state index contributed by atoms with van der Waals surface area (Å²) in [7, 11) is 6.08. The van der Waals surface area contributed by atoms with Gasteiger partial charge in [0.05, 0.1) is 11.4 Å². The number of hydrogen-bond donors (Lipinski definition) is 0. The topological polar surface area (TPSA) is 54.3 Å². The first-order valence-corrected chi connectivity index (χ1v) is 9.47. The molecular weight excluding hydrogens is 326 g/mol. The first-order chi connectivity index (χ1) is 12.5. The molecule has 1 aromatic carbocycles. The van der Waals surface area contributed by atoms with Gasteiger partial charge in [0, 0.05) is 37.7 Å². The highest BCUT2D eigenvalue weighted by Crippen LogP contribution is 2.34. The SMILES string of the molecule is CN(C)CC1CCc2ccccc2N1C(=O)C1CCc2nnn(C)c2C1. The van der Waals surface area contributed by atoms with Gasteiger partial charge in [-0.2, -0.15) is 0 Å².